The van der Waals surface area contributed by atoms with Crippen LogP contribution in [0.3, 0.4) is 0 Å². The lowest BCUT2D eigenvalue weighted by Gasteiger charge is -2.22. The number of rotatable bonds is 7. The summed E-state index contributed by atoms with van der Waals surface area (Å²) in [7, 11) is 1.65. The van der Waals surface area contributed by atoms with Crippen LogP contribution in [0.5, 0.6) is 11.5 Å². The topological polar surface area (TPSA) is 68.6 Å². The number of hydrogen-bond donors (Lipinski definition) is 1. The van der Waals surface area contributed by atoms with Gasteiger partial charge in [-0.3, -0.25) is 9.69 Å². The predicted molar refractivity (Wildman–Crippen MR) is 118 cm³/mol. The Kier molecular flexibility index (Phi) is 6.52. The summed E-state index contributed by atoms with van der Waals surface area (Å²) >= 11 is 0. The van der Waals surface area contributed by atoms with Gasteiger partial charge in [-0.1, -0.05) is 19.1 Å². The van der Waals surface area contributed by atoms with E-state index in [0.717, 1.165) is 34.7 Å². The van der Waals surface area contributed by atoms with Crippen LogP contribution in [0.1, 0.15) is 24.5 Å². The average Bonchev–Trinajstić information content (AvgIpc) is 3.27. The number of nitrogens with zero attached hydrogens (tertiary/aromatic N) is 3. The van der Waals surface area contributed by atoms with Gasteiger partial charge in [0.25, 0.3) is 0 Å². The van der Waals surface area contributed by atoms with Crippen LogP contribution in [0.25, 0.3) is 5.69 Å². The molecule has 1 amide bonds. The lowest BCUT2D eigenvalue weighted by atomic mass is 10.1. The molecule has 7 nitrogen and oxygen atoms in total. The Balaban J connectivity index is 1.39. The summed E-state index contributed by atoms with van der Waals surface area (Å²) in [5.41, 5.74) is 3.04. The summed E-state index contributed by atoms with van der Waals surface area (Å²) in [5.74, 6) is 1.65. The van der Waals surface area contributed by atoms with E-state index in [1.165, 1.54) is 0 Å². The van der Waals surface area contributed by atoms with Gasteiger partial charge in [-0.15, -0.1) is 0 Å². The lowest BCUT2D eigenvalue weighted by Crippen LogP contribution is -2.40. The predicted octanol–water partition coefficient (Wildman–Crippen LogP) is 3.17. The molecule has 2 aromatic carbocycles. The molecule has 162 valence electrons. The van der Waals surface area contributed by atoms with Crippen LogP contribution < -0.4 is 14.8 Å². The minimum atomic E-state index is -0.00862. The molecular weight excluding hydrogens is 392 g/mol. The Morgan fingerprint density at radius 1 is 1.26 bits per heavy atom. The lowest BCUT2D eigenvalue weighted by molar-refractivity contribution is -0.122. The first-order valence-corrected chi connectivity index (χ1v) is 10.6. The van der Waals surface area contributed by atoms with Crippen molar-refractivity contribution >= 4 is 5.91 Å². The molecule has 0 fully saturated rings. The van der Waals surface area contributed by atoms with E-state index >= 15 is 0 Å². The van der Waals surface area contributed by atoms with E-state index in [9.17, 15) is 4.79 Å². The maximum atomic E-state index is 12.7. The van der Waals surface area contributed by atoms with Crippen molar-refractivity contribution in [1.29, 1.82) is 0 Å². The monoisotopic (exact) mass is 420 g/mol. The number of benzene rings is 2. The number of carbonyl (C=O) groups is 1. The molecule has 31 heavy (non-hydrogen) atoms. The minimum Gasteiger partial charge on any atom is -0.497 e. The minimum absolute atomic E-state index is 0.00862. The Bertz CT molecular complexity index is 1020. The van der Waals surface area contributed by atoms with Crippen molar-refractivity contribution in [2.45, 2.75) is 32.5 Å². The van der Waals surface area contributed by atoms with Gasteiger partial charge in [0.2, 0.25) is 5.91 Å². The highest BCUT2D eigenvalue weighted by molar-refractivity contribution is 5.78. The Labute approximate surface area is 182 Å². The van der Waals surface area contributed by atoms with E-state index in [-0.39, 0.29) is 12.0 Å². The van der Waals surface area contributed by atoms with E-state index < -0.39 is 0 Å². The zero-order valence-electron chi connectivity index (χ0n) is 18.0. The van der Waals surface area contributed by atoms with Gasteiger partial charge in [0.15, 0.2) is 0 Å². The van der Waals surface area contributed by atoms with E-state index in [4.69, 9.17) is 9.47 Å². The summed E-state index contributed by atoms with van der Waals surface area (Å²) < 4.78 is 13.3. The van der Waals surface area contributed by atoms with Gasteiger partial charge < -0.3 is 14.8 Å². The smallest absolute Gasteiger partial charge is 0.234 e. The quantitative estimate of drug-likeness (QED) is 0.636. The Hall–Kier alpha value is -3.32. The molecule has 7 heteroatoms. The molecule has 3 aromatic rings. The van der Waals surface area contributed by atoms with Crippen molar-refractivity contribution in [3.8, 4) is 17.2 Å². The molecule has 0 unspecified atom stereocenters. The number of fused-ring (bicyclic) bond motifs is 1. The molecule has 1 N–H and O–H groups in total. The van der Waals surface area contributed by atoms with Crippen molar-refractivity contribution in [2.24, 2.45) is 0 Å². The van der Waals surface area contributed by atoms with E-state index in [0.29, 0.717) is 26.2 Å². The maximum absolute atomic E-state index is 12.7. The summed E-state index contributed by atoms with van der Waals surface area (Å²) in [6.45, 7) is 4.24. The molecule has 1 aliphatic heterocycles. The summed E-state index contributed by atoms with van der Waals surface area (Å²) in [5, 5.41) is 7.30. The van der Waals surface area contributed by atoms with Crippen molar-refractivity contribution in [3.05, 3.63) is 72.1 Å². The average molecular weight is 421 g/mol. The first-order valence-electron chi connectivity index (χ1n) is 10.6. The first kappa shape index (κ1) is 20.9. The van der Waals surface area contributed by atoms with Crippen LogP contribution in [0.15, 0.2) is 60.9 Å². The van der Waals surface area contributed by atoms with E-state index in [1.807, 2.05) is 54.7 Å². The maximum Gasteiger partial charge on any atom is 0.234 e. The van der Waals surface area contributed by atoms with Crippen molar-refractivity contribution in [1.82, 2.24) is 20.0 Å². The molecule has 0 saturated heterocycles. The van der Waals surface area contributed by atoms with E-state index in [2.05, 4.69) is 22.2 Å². The summed E-state index contributed by atoms with van der Waals surface area (Å²) in [6, 6.07) is 15.7. The van der Waals surface area contributed by atoms with Gasteiger partial charge in [0, 0.05) is 37.6 Å². The molecular formula is C24H28N4O3. The van der Waals surface area contributed by atoms with Crippen LogP contribution >= 0.6 is 0 Å². The molecule has 0 saturated carbocycles. The molecule has 4 rings (SSSR count). The highest BCUT2D eigenvalue weighted by Gasteiger charge is 2.23. The number of hydrogen-bond acceptors (Lipinski definition) is 5. The summed E-state index contributed by atoms with van der Waals surface area (Å²) in [4.78, 5) is 14.8. The van der Waals surface area contributed by atoms with Gasteiger partial charge in [-0.2, -0.15) is 5.10 Å². The SMILES string of the molecule is CC[C@@H]1CN(CC(=O)NCc2cccc(-n3cccn3)c2)Cc2cc(OC)ccc2O1. The van der Waals surface area contributed by atoms with Crippen molar-refractivity contribution in [2.75, 3.05) is 20.2 Å². The third-order valence-corrected chi connectivity index (χ3v) is 5.41. The van der Waals surface area contributed by atoms with Gasteiger partial charge >= 0.3 is 0 Å². The molecule has 0 radical (unpaired) electrons. The van der Waals surface area contributed by atoms with E-state index in [1.54, 1.807) is 18.0 Å². The van der Waals surface area contributed by atoms with Gasteiger partial charge in [0.1, 0.15) is 17.6 Å². The second kappa shape index (κ2) is 9.66. The standard InChI is InChI=1S/C24H28N4O3/c1-3-21-16-27(15-19-13-22(30-2)8-9-23(19)31-21)17-24(29)25-14-18-6-4-7-20(12-18)28-11-5-10-26-28/h4-13,21H,3,14-17H2,1-2H3,(H,25,29)/t21-/m1/s1. The largest absolute Gasteiger partial charge is 0.497 e. The molecule has 2 heterocycles. The normalized spacial score (nSPS) is 16.1. The van der Waals surface area contributed by atoms with Crippen molar-refractivity contribution < 1.29 is 14.3 Å². The van der Waals surface area contributed by atoms with Gasteiger partial charge in [0.05, 0.1) is 19.3 Å². The van der Waals surface area contributed by atoms with Gasteiger partial charge in [-0.05, 0) is 48.4 Å². The molecule has 1 aromatic heterocycles. The summed E-state index contributed by atoms with van der Waals surface area (Å²) in [6.07, 6.45) is 4.57. The second-order valence-electron chi connectivity index (χ2n) is 7.69. The number of methoxy groups -OCH3 is 1. The number of amides is 1. The fourth-order valence-electron chi connectivity index (χ4n) is 3.75. The molecule has 1 atom stereocenters. The third kappa shape index (κ3) is 5.24. The Morgan fingerprint density at radius 3 is 2.94 bits per heavy atom. The van der Waals surface area contributed by atoms with Crippen molar-refractivity contribution in [3.63, 3.8) is 0 Å². The van der Waals surface area contributed by atoms with Crippen LogP contribution in [0.2, 0.25) is 0 Å². The number of aromatic nitrogens is 2. The molecule has 0 aliphatic carbocycles. The Morgan fingerprint density at radius 2 is 2.16 bits per heavy atom. The first-order chi connectivity index (χ1) is 15.1. The molecule has 1 aliphatic rings. The second-order valence-corrected chi connectivity index (χ2v) is 7.69. The molecule has 0 bridgehead atoms. The van der Waals surface area contributed by atoms with Gasteiger partial charge in [-0.25, -0.2) is 4.68 Å². The van der Waals surface area contributed by atoms with Crippen LogP contribution in [-0.4, -0.2) is 46.9 Å². The molecule has 0 spiro atoms. The zero-order valence-corrected chi connectivity index (χ0v) is 18.0. The highest BCUT2D eigenvalue weighted by Crippen LogP contribution is 2.29. The fraction of sp³-hybridized carbons (Fsp3) is 0.333. The number of nitrogens with one attached hydrogen (secondary N) is 1. The third-order valence-electron chi connectivity index (χ3n) is 5.41. The van der Waals surface area contributed by atoms with Crippen LogP contribution in [0, 0.1) is 0 Å². The fourth-order valence-corrected chi connectivity index (χ4v) is 3.75. The zero-order chi connectivity index (χ0) is 21.6. The highest BCUT2D eigenvalue weighted by atomic mass is 16.5. The van der Waals surface area contributed by atoms with Crippen LogP contribution in [-0.2, 0) is 17.9 Å². The number of carbonyl (C=O) groups excluding carboxylic acids is 1. The number of ether oxygens (including phenoxy) is 2. The van der Waals surface area contributed by atoms with Crippen LogP contribution in [0.4, 0.5) is 0 Å².